The van der Waals surface area contributed by atoms with Crippen LogP contribution in [0.25, 0.3) is 11.8 Å². The molecule has 35 heavy (non-hydrogen) atoms. The molecule has 176 valence electrons. The Bertz CT molecular complexity index is 1580. The van der Waals surface area contributed by atoms with Crippen LogP contribution in [0, 0.1) is 0 Å². The number of hydrogen-bond acceptors (Lipinski definition) is 7. The number of methoxy groups -OCH3 is 1. The number of hydrogen-bond donors (Lipinski definition) is 0. The van der Waals surface area contributed by atoms with Crippen molar-refractivity contribution in [2.75, 3.05) is 13.7 Å². The third kappa shape index (κ3) is 4.26. The van der Waals surface area contributed by atoms with E-state index in [0.717, 1.165) is 10.4 Å². The highest BCUT2D eigenvalue weighted by Crippen LogP contribution is 2.38. The number of nitrogens with zero attached hydrogens (tertiary/aromatic N) is 2. The van der Waals surface area contributed by atoms with Crippen molar-refractivity contribution in [1.82, 2.24) is 4.57 Å². The second kappa shape index (κ2) is 9.85. The predicted molar refractivity (Wildman–Crippen MR) is 138 cm³/mol. The van der Waals surface area contributed by atoms with E-state index in [1.165, 1.54) is 11.3 Å². The Morgan fingerprint density at radius 2 is 1.86 bits per heavy atom. The molecule has 0 aliphatic carbocycles. The smallest absolute Gasteiger partial charge is 0.338 e. The van der Waals surface area contributed by atoms with E-state index in [1.807, 2.05) is 78.2 Å². The van der Waals surface area contributed by atoms with Crippen molar-refractivity contribution in [2.45, 2.75) is 13.0 Å². The van der Waals surface area contributed by atoms with Crippen molar-refractivity contribution in [2.24, 2.45) is 4.99 Å². The molecule has 1 unspecified atom stereocenters. The molecule has 0 N–H and O–H groups in total. The number of carbonyl (C=O) groups excluding carboxylic acids is 1. The molecule has 0 saturated carbocycles. The molecule has 4 aromatic rings. The first-order valence-corrected chi connectivity index (χ1v) is 12.8. The van der Waals surface area contributed by atoms with Crippen LogP contribution in [-0.4, -0.2) is 24.3 Å². The molecule has 0 amide bonds. The Balaban J connectivity index is 1.88. The van der Waals surface area contributed by atoms with E-state index in [0.29, 0.717) is 31.9 Å². The summed E-state index contributed by atoms with van der Waals surface area (Å²) in [5, 5.41) is 1.97. The minimum Gasteiger partial charge on any atom is -0.496 e. The van der Waals surface area contributed by atoms with E-state index in [-0.39, 0.29) is 12.2 Å². The highest BCUT2D eigenvalue weighted by molar-refractivity contribution is 7.11. The number of thiophene rings is 1. The number of aromatic nitrogens is 1. The van der Waals surface area contributed by atoms with Gasteiger partial charge in [0.05, 0.1) is 29.5 Å². The first-order chi connectivity index (χ1) is 17.1. The lowest BCUT2D eigenvalue weighted by atomic mass is 9.92. The quantitative estimate of drug-likeness (QED) is 0.374. The van der Waals surface area contributed by atoms with Crippen molar-refractivity contribution in [3.8, 4) is 5.75 Å². The summed E-state index contributed by atoms with van der Waals surface area (Å²) in [6, 6.07) is 20.0. The maximum absolute atomic E-state index is 13.8. The average Bonchev–Trinajstić information content (AvgIpc) is 3.51. The zero-order valence-electron chi connectivity index (χ0n) is 19.1. The minimum atomic E-state index is -0.762. The molecule has 6 nitrogen and oxygen atoms in total. The lowest BCUT2D eigenvalue weighted by Gasteiger charge is -2.27. The first kappa shape index (κ1) is 23.0. The molecule has 8 heteroatoms. The fourth-order valence-electron chi connectivity index (χ4n) is 4.13. The lowest BCUT2D eigenvalue weighted by Crippen LogP contribution is -2.40. The van der Waals surface area contributed by atoms with Gasteiger partial charge in [-0.25, -0.2) is 9.79 Å². The van der Waals surface area contributed by atoms with Gasteiger partial charge in [0.15, 0.2) is 4.80 Å². The molecule has 5 rings (SSSR count). The lowest BCUT2D eigenvalue weighted by molar-refractivity contribution is -0.138. The summed E-state index contributed by atoms with van der Waals surface area (Å²) in [4.78, 5) is 33.5. The van der Waals surface area contributed by atoms with E-state index >= 15 is 0 Å². The van der Waals surface area contributed by atoms with Crippen molar-refractivity contribution in [1.29, 1.82) is 0 Å². The van der Waals surface area contributed by atoms with Crippen LogP contribution in [0.5, 0.6) is 5.75 Å². The number of thiazole rings is 1. The van der Waals surface area contributed by atoms with Gasteiger partial charge in [0, 0.05) is 16.0 Å². The third-order valence-corrected chi connectivity index (χ3v) is 7.43. The maximum Gasteiger partial charge on any atom is 0.338 e. The fraction of sp³-hybridized carbons (Fsp3) is 0.148. The normalized spacial score (nSPS) is 15.5. The molecule has 3 heterocycles. The van der Waals surface area contributed by atoms with Crippen LogP contribution < -0.4 is 19.6 Å². The molecular formula is C27H22N2O4S2. The highest BCUT2D eigenvalue weighted by atomic mass is 32.1. The van der Waals surface area contributed by atoms with Crippen molar-refractivity contribution in [3.05, 3.63) is 113 Å². The van der Waals surface area contributed by atoms with Gasteiger partial charge in [-0.3, -0.25) is 9.36 Å². The zero-order valence-corrected chi connectivity index (χ0v) is 20.8. The van der Waals surface area contributed by atoms with Crippen LogP contribution >= 0.6 is 22.7 Å². The molecular weight excluding hydrogens is 480 g/mol. The largest absolute Gasteiger partial charge is 0.496 e. The zero-order chi connectivity index (χ0) is 24.4. The van der Waals surface area contributed by atoms with E-state index in [2.05, 4.69) is 0 Å². The molecule has 0 fully saturated rings. The topological polar surface area (TPSA) is 69.9 Å². The Labute approximate surface area is 209 Å². The number of esters is 1. The molecule has 0 saturated heterocycles. The van der Waals surface area contributed by atoms with Crippen LogP contribution in [0.1, 0.15) is 29.0 Å². The fourth-order valence-corrected chi connectivity index (χ4v) is 5.85. The molecule has 2 aromatic heterocycles. The number of carbonyl (C=O) groups is 1. The van der Waals surface area contributed by atoms with Gasteiger partial charge in [-0.1, -0.05) is 65.9 Å². The van der Waals surface area contributed by atoms with Gasteiger partial charge < -0.3 is 9.47 Å². The SMILES string of the molecule is CCOC(=O)C1=C(c2ccccc2)N=c2s/c(=C\c3cccs3)c(=O)n2C1c1ccccc1OC. The van der Waals surface area contributed by atoms with Crippen LogP contribution in [0.15, 0.2) is 87.5 Å². The van der Waals surface area contributed by atoms with Gasteiger partial charge in [-0.2, -0.15) is 0 Å². The minimum absolute atomic E-state index is 0.200. The number of ether oxygens (including phenoxy) is 2. The number of para-hydroxylation sites is 1. The third-order valence-electron chi connectivity index (χ3n) is 5.62. The highest BCUT2D eigenvalue weighted by Gasteiger charge is 2.36. The summed E-state index contributed by atoms with van der Waals surface area (Å²) in [7, 11) is 1.57. The summed E-state index contributed by atoms with van der Waals surface area (Å²) < 4.78 is 13.3. The van der Waals surface area contributed by atoms with Crippen molar-refractivity contribution >= 4 is 40.4 Å². The van der Waals surface area contributed by atoms with E-state index < -0.39 is 12.0 Å². The van der Waals surface area contributed by atoms with Gasteiger partial charge in [-0.05, 0) is 30.5 Å². The van der Waals surface area contributed by atoms with Gasteiger partial charge in [0.2, 0.25) is 0 Å². The Morgan fingerprint density at radius 3 is 2.57 bits per heavy atom. The van der Waals surface area contributed by atoms with Crippen LogP contribution in [0.4, 0.5) is 0 Å². The first-order valence-electron chi connectivity index (χ1n) is 11.1. The van der Waals surface area contributed by atoms with Crippen LogP contribution in [0.2, 0.25) is 0 Å². The number of fused-ring (bicyclic) bond motifs is 1. The van der Waals surface area contributed by atoms with Crippen LogP contribution in [-0.2, 0) is 9.53 Å². The molecule has 1 atom stereocenters. The second-order valence-electron chi connectivity index (χ2n) is 7.69. The summed E-state index contributed by atoms with van der Waals surface area (Å²) in [5.41, 5.74) is 2.03. The molecule has 0 spiro atoms. The summed E-state index contributed by atoms with van der Waals surface area (Å²) in [5.74, 6) is 0.0555. The molecule has 2 aromatic carbocycles. The average molecular weight is 503 g/mol. The van der Waals surface area contributed by atoms with Gasteiger partial charge >= 0.3 is 5.97 Å². The van der Waals surface area contributed by atoms with E-state index in [4.69, 9.17) is 14.5 Å². The summed E-state index contributed by atoms with van der Waals surface area (Å²) in [6.45, 7) is 1.96. The number of rotatable bonds is 6. The van der Waals surface area contributed by atoms with E-state index in [9.17, 15) is 9.59 Å². The molecule has 1 aliphatic heterocycles. The van der Waals surface area contributed by atoms with Crippen molar-refractivity contribution < 1.29 is 14.3 Å². The maximum atomic E-state index is 13.8. The Morgan fingerprint density at radius 1 is 1.09 bits per heavy atom. The van der Waals surface area contributed by atoms with Gasteiger partial charge in [-0.15, -0.1) is 11.3 Å². The Kier molecular flexibility index (Phi) is 6.48. The molecule has 1 aliphatic rings. The predicted octanol–water partition coefficient (Wildman–Crippen LogP) is 4.01. The van der Waals surface area contributed by atoms with Crippen LogP contribution in [0.3, 0.4) is 0 Å². The Hall–Kier alpha value is -3.75. The second-order valence-corrected chi connectivity index (χ2v) is 9.68. The van der Waals surface area contributed by atoms with Crippen molar-refractivity contribution in [3.63, 3.8) is 0 Å². The van der Waals surface area contributed by atoms with E-state index in [1.54, 1.807) is 29.9 Å². The molecule has 0 bridgehead atoms. The summed E-state index contributed by atoms with van der Waals surface area (Å²) >= 11 is 2.86. The standard InChI is InChI=1S/C27H22N2O4S2/c1-3-33-26(31)22-23(17-10-5-4-6-11-17)28-27-29(24(22)19-13-7-8-14-20(19)32-2)25(30)21(35-27)16-18-12-9-15-34-18/h4-16,24H,3H2,1-2H3/b21-16-. The number of benzene rings is 2. The van der Waals surface area contributed by atoms with Gasteiger partial charge in [0.1, 0.15) is 11.8 Å². The monoisotopic (exact) mass is 502 g/mol. The van der Waals surface area contributed by atoms with Gasteiger partial charge in [0.25, 0.3) is 5.56 Å². The molecule has 0 radical (unpaired) electrons. The summed E-state index contributed by atoms with van der Waals surface area (Å²) in [6.07, 6.45) is 1.87.